The van der Waals surface area contributed by atoms with Crippen LogP contribution in [0.5, 0.6) is 0 Å². The highest BCUT2D eigenvalue weighted by molar-refractivity contribution is 5.99. The van der Waals surface area contributed by atoms with Crippen molar-refractivity contribution in [1.29, 1.82) is 0 Å². The maximum Gasteiger partial charge on any atom is 0.232 e. The lowest BCUT2D eigenvalue weighted by Gasteiger charge is -2.25. The summed E-state index contributed by atoms with van der Waals surface area (Å²) in [6.45, 7) is 1.72. The molecule has 2 rings (SSSR count). The Morgan fingerprint density at radius 2 is 2.00 bits per heavy atom. The van der Waals surface area contributed by atoms with Crippen LogP contribution in [0.25, 0.3) is 0 Å². The van der Waals surface area contributed by atoms with Crippen molar-refractivity contribution in [2.75, 3.05) is 0 Å². The molecule has 5 heteroatoms. The molecule has 0 unspecified atom stereocenters. The topological polar surface area (TPSA) is 68.6 Å². The largest absolute Gasteiger partial charge is 0.735 e. The van der Waals surface area contributed by atoms with Crippen LogP contribution in [0.1, 0.15) is 57.4 Å². The van der Waals surface area contributed by atoms with Crippen molar-refractivity contribution in [3.05, 3.63) is 35.3 Å². The Labute approximate surface area is 125 Å². The SMILES string of the molecule is CC(=NN([O-])C(=O)CCC1CCCCC1)c1ccncc1. The first kappa shape index (κ1) is 15.6. The molecule has 5 nitrogen and oxygen atoms in total. The van der Waals surface area contributed by atoms with E-state index in [-0.39, 0.29) is 5.17 Å². The zero-order chi connectivity index (χ0) is 15.1. The molecule has 0 atom stereocenters. The minimum Gasteiger partial charge on any atom is -0.735 e. The molecule has 0 radical (unpaired) electrons. The number of aromatic nitrogens is 1. The van der Waals surface area contributed by atoms with E-state index in [1.54, 1.807) is 31.5 Å². The predicted molar refractivity (Wildman–Crippen MR) is 82.5 cm³/mol. The number of pyridine rings is 1. The van der Waals surface area contributed by atoms with Gasteiger partial charge in [0.2, 0.25) is 5.91 Å². The third kappa shape index (κ3) is 4.93. The van der Waals surface area contributed by atoms with Crippen LogP contribution in [0.15, 0.2) is 29.6 Å². The first-order valence-corrected chi connectivity index (χ1v) is 7.62. The van der Waals surface area contributed by atoms with E-state index in [9.17, 15) is 10.0 Å². The van der Waals surface area contributed by atoms with Crippen LogP contribution >= 0.6 is 0 Å². The highest BCUT2D eigenvalue weighted by Crippen LogP contribution is 2.27. The molecule has 1 aromatic rings. The van der Waals surface area contributed by atoms with Crippen LogP contribution in [0.2, 0.25) is 0 Å². The summed E-state index contributed by atoms with van der Waals surface area (Å²) in [5.41, 5.74) is 1.32. The smallest absolute Gasteiger partial charge is 0.232 e. The Balaban J connectivity index is 1.84. The van der Waals surface area contributed by atoms with E-state index >= 15 is 0 Å². The molecule has 1 saturated carbocycles. The molecule has 1 aromatic heterocycles. The average Bonchev–Trinajstić information content (AvgIpc) is 2.54. The van der Waals surface area contributed by atoms with Crippen molar-refractivity contribution < 1.29 is 4.79 Å². The number of nitrogens with zero attached hydrogens (tertiary/aromatic N) is 3. The van der Waals surface area contributed by atoms with Gasteiger partial charge in [0.25, 0.3) is 0 Å². The van der Waals surface area contributed by atoms with Gasteiger partial charge in [-0.05, 0) is 31.4 Å². The fourth-order valence-electron chi connectivity index (χ4n) is 2.74. The van der Waals surface area contributed by atoms with Crippen LogP contribution in [-0.4, -0.2) is 21.8 Å². The van der Waals surface area contributed by atoms with Gasteiger partial charge in [-0.1, -0.05) is 32.1 Å². The summed E-state index contributed by atoms with van der Waals surface area (Å²) < 4.78 is 0. The van der Waals surface area contributed by atoms with E-state index in [2.05, 4.69) is 10.1 Å². The van der Waals surface area contributed by atoms with Gasteiger partial charge in [-0.15, -0.1) is 0 Å². The average molecular weight is 288 g/mol. The third-order valence-electron chi connectivity index (χ3n) is 4.04. The Morgan fingerprint density at radius 3 is 2.67 bits per heavy atom. The number of hydrazone groups is 1. The summed E-state index contributed by atoms with van der Waals surface area (Å²) in [5.74, 6) is 0.148. The Kier molecular flexibility index (Phi) is 5.87. The first-order valence-electron chi connectivity index (χ1n) is 7.62. The highest BCUT2D eigenvalue weighted by Gasteiger charge is 2.15. The fraction of sp³-hybridized carbons (Fsp3) is 0.562. The molecular formula is C16H22N3O2-. The van der Waals surface area contributed by atoms with E-state index in [0.29, 0.717) is 18.1 Å². The Bertz CT molecular complexity index is 482. The lowest BCUT2D eigenvalue weighted by molar-refractivity contribution is -0.129. The summed E-state index contributed by atoms with van der Waals surface area (Å²) in [6.07, 6.45) is 10.5. The molecule has 1 aliphatic carbocycles. The Morgan fingerprint density at radius 1 is 1.33 bits per heavy atom. The number of amides is 1. The van der Waals surface area contributed by atoms with E-state index in [1.165, 1.54) is 32.1 Å². The summed E-state index contributed by atoms with van der Waals surface area (Å²) in [7, 11) is 0. The lowest BCUT2D eigenvalue weighted by atomic mass is 9.86. The van der Waals surface area contributed by atoms with Gasteiger partial charge in [0.1, 0.15) is 0 Å². The third-order valence-corrected chi connectivity index (χ3v) is 4.04. The lowest BCUT2D eigenvalue weighted by Crippen LogP contribution is -2.22. The molecule has 1 amide bonds. The van der Waals surface area contributed by atoms with Crippen LogP contribution in [-0.2, 0) is 4.79 Å². The molecule has 1 aliphatic rings. The van der Waals surface area contributed by atoms with Gasteiger partial charge in [-0.3, -0.25) is 9.78 Å². The second-order valence-corrected chi connectivity index (χ2v) is 5.63. The minimum atomic E-state index is -0.450. The molecule has 0 bridgehead atoms. The summed E-state index contributed by atoms with van der Waals surface area (Å²) in [6, 6.07) is 3.53. The quantitative estimate of drug-likeness (QED) is 0.615. The number of hydroxylamine groups is 1. The van der Waals surface area contributed by atoms with Gasteiger partial charge in [-0.25, -0.2) is 0 Å². The number of hydrogen-bond donors (Lipinski definition) is 0. The van der Waals surface area contributed by atoms with Gasteiger partial charge < -0.3 is 10.4 Å². The first-order chi connectivity index (χ1) is 10.2. The Hall–Kier alpha value is -1.75. The normalized spacial score (nSPS) is 16.8. The summed E-state index contributed by atoms with van der Waals surface area (Å²) in [5, 5.41) is 15.8. The van der Waals surface area contributed by atoms with Crippen molar-refractivity contribution in [3.63, 3.8) is 0 Å². The van der Waals surface area contributed by atoms with E-state index in [0.717, 1.165) is 12.0 Å². The van der Waals surface area contributed by atoms with E-state index < -0.39 is 5.91 Å². The zero-order valence-corrected chi connectivity index (χ0v) is 12.5. The van der Waals surface area contributed by atoms with Gasteiger partial charge >= 0.3 is 0 Å². The van der Waals surface area contributed by atoms with Crippen LogP contribution < -0.4 is 0 Å². The zero-order valence-electron chi connectivity index (χ0n) is 12.5. The monoisotopic (exact) mass is 288 g/mol. The molecule has 1 fully saturated rings. The predicted octanol–water partition coefficient (Wildman–Crippen LogP) is 3.49. The molecule has 0 saturated heterocycles. The molecule has 0 aliphatic heterocycles. The van der Waals surface area contributed by atoms with Crippen molar-refractivity contribution in [3.8, 4) is 0 Å². The van der Waals surface area contributed by atoms with Gasteiger partial charge in [0.15, 0.2) is 0 Å². The number of rotatable bonds is 5. The fourth-order valence-corrected chi connectivity index (χ4v) is 2.74. The second-order valence-electron chi connectivity index (χ2n) is 5.63. The number of hydrogen-bond acceptors (Lipinski definition) is 4. The maximum absolute atomic E-state index is 11.8. The van der Waals surface area contributed by atoms with Crippen molar-refractivity contribution in [2.24, 2.45) is 11.0 Å². The molecular weight excluding hydrogens is 266 g/mol. The molecule has 0 spiro atoms. The summed E-state index contributed by atoms with van der Waals surface area (Å²) in [4.78, 5) is 15.8. The van der Waals surface area contributed by atoms with Crippen molar-refractivity contribution in [2.45, 2.75) is 51.9 Å². The highest BCUT2D eigenvalue weighted by atomic mass is 16.5. The van der Waals surface area contributed by atoms with Gasteiger partial charge in [0, 0.05) is 24.4 Å². The van der Waals surface area contributed by atoms with Crippen molar-refractivity contribution in [1.82, 2.24) is 10.2 Å². The van der Waals surface area contributed by atoms with Crippen LogP contribution in [0.4, 0.5) is 0 Å². The summed E-state index contributed by atoms with van der Waals surface area (Å²) >= 11 is 0. The van der Waals surface area contributed by atoms with E-state index in [4.69, 9.17) is 0 Å². The number of carbonyl (C=O) groups excluding carboxylic acids is 1. The molecule has 21 heavy (non-hydrogen) atoms. The van der Waals surface area contributed by atoms with E-state index in [1.807, 2.05) is 0 Å². The second kappa shape index (κ2) is 7.88. The van der Waals surface area contributed by atoms with Crippen LogP contribution in [0, 0.1) is 11.1 Å². The standard InChI is InChI=1S/C16H22N3O2/c1-13(15-9-11-17-12-10-15)18-19(21)16(20)8-7-14-5-3-2-4-6-14/h9-12,14H,2-8H2,1H3/q-1. The maximum atomic E-state index is 11.8. The van der Waals surface area contributed by atoms with Crippen LogP contribution in [0.3, 0.4) is 0 Å². The van der Waals surface area contributed by atoms with Crippen molar-refractivity contribution >= 4 is 11.6 Å². The minimum absolute atomic E-state index is 0.235. The van der Waals surface area contributed by atoms with Gasteiger partial charge in [0.05, 0.1) is 5.71 Å². The number of carbonyl (C=O) groups is 1. The molecule has 0 N–H and O–H groups in total. The molecule has 1 heterocycles. The van der Waals surface area contributed by atoms with Gasteiger partial charge in [-0.2, -0.15) is 5.10 Å². The molecule has 0 aromatic carbocycles. The molecule has 114 valence electrons.